The molecule has 0 aromatic carbocycles. The average Bonchev–Trinajstić information content (AvgIpc) is 2.96. The predicted molar refractivity (Wildman–Crippen MR) is 82.5 cm³/mol. The first-order valence-corrected chi connectivity index (χ1v) is 7.83. The van der Waals surface area contributed by atoms with E-state index in [1.54, 1.807) is 11.3 Å². The van der Waals surface area contributed by atoms with Crippen LogP contribution in [0, 0.1) is 13.8 Å². The molecule has 0 spiro atoms. The number of hydrogen-bond donors (Lipinski definition) is 1. The van der Waals surface area contributed by atoms with Crippen molar-refractivity contribution in [3.63, 3.8) is 0 Å². The van der Waals surface area contributed by atoms with Gasteiger partial charge in [0.15, 0.2) is 0 Å². The van der Waals surface area contributed by atoms with Crippen LogP contribution in [-0.2, 0) is 11.3 Å². The Labute approximate surface area is 124 Å². The van der Waals surface area contributed by atoms with Gasteiger partial charge in [0.25, 0.3) is 0 Å². The molecular weight excluding hydrogens is 272 g/mol. The second-order valence-electron chi connectivity index (χ2n) is 4.69. The average molecular weight is 294 g/mol. The highest BCUT2D eigenvalue weighted by Crippen LogP contribution is 2.15. The Morgan fingerprint density at radius 1 is 1.30 bits per heavy atom. The number of thiazole rings is 1. The molecule has 0 saturated heterocycles. The van der Waals surface area contributed by atoms with Crippen LogP contribution in [0.15, 0.2) is 11.6 Å². The maximum Gasteiger partial charge on any atom is 0.203 e. The van der Waals surface area contributed by atoms with Gasteiger partial charge in [-0.3, -0.25) is 0 Å². The Hall–Kier alpha value is -1.40. The van der Waals surface area contributed by atoms with Gasteiger partial charge in [-0.25, -0.2) is 9.97 Å². The SMILES string of the molecule is CCOCCCNc1nc(C)cn1Cc1nc(C)cs1. The van der Waals surface area contributed by atoms with Crippen molar-refractivity contribution in [1.82, 2.24) is 14.5 Å². The van der Waals surface area contributed by atoms with Crippen molar-refractivity contribution in [2.45, 2.75) is 33.7 Å². The number of nitrogens with zero attached hydrogens (tertiary/aromatic N) is 3. The predicted octanol–water partition coefficient (Wildman–Crippen LogP) is 2.84. The van der Waals surface area contributed by atoms with E-state index in [2.05, 4.69) is 31.4 Å². The summed E-state index contributed by atoms with van der Waals surface area (Å²) >= 11 is 1.69. The van der Waals surface area contributed by atoms with E-state index in [1.807, 2.05) is 20.8 Å². The van der Waals surface area contributed by atoms with Gasteiger partial charge in [0.1, 0.15) is 5.01 Å². The molecule has 0 fully saturated rings. The van der Waals surface area contributed by atoms with Crippen LogP contribution in [0.2, 0.25) is 0 Å². The molecule has 2 heterocycles. The van der Waals surface area contributed by atoms with E-state index >= 15 is 0 Å². The largest absolute Gasteiger partial charge is 0.382 e. The van der Waals surface area contributed by atoms with Crippen LogP contribution in [0.5, 0.6) is 0 Å². The zero-order valence-electron chi connectivity index (χ0n) is 12.3. The number of ether oxygens (including phenoxy) is 1. The van der Waals surface area contributed by atoms with Crippen LogP contribution < -0.4 is 5.32 Å². The molecule has 0 saturated carbocycles. The summed E-state index contributed by atoms with van der Waals surface area (Å²) in [5, 5.41) is 6.56. The molecular formula is C14H22N4OS. The highest BCUT2D eigenvalue weighted by Gasteiger charge is 2.07. The van der Waals surface area contributed by atoms with E-state index in [0.717, 1.165) is 55.1 Å². The van der Waals surface area contributed by atoms with Crippen LogP contribution in [-0.4, -0.2) is 34.3 Å². The summed E-state index contributed by atoms with van der Waals surface area (Å²) in [6.07, 6.45) is 3.04. The number of imidazole rings is 1. The first-order valence-electron chi connectivity index (χ1n) is 6.95. The van der Waals surface area contributed by atoms with Gasteiger partial charge in [0.2, 0.25) is 5.95 Å². The normalized spacial score (nSPS) is 10.9. The number of hydrogen-bond acceptors (Lipinski definition) is 5. The number of rotatable bonds is 8. The van der Waals surface area contributed by atoms with Crippen molar-refractivity contribution < 1.29 is 4.74 Å². The third-order valence-electron chi connectivity index (χ3n) is 2.82. The zero-order valence-corrected chi connectivity index (χ0v) is 13.2. The lowest BCUT2D eigenvalue weighted by molar-refractivity contribution is 0.147. The maximum absolute atomic E-state index is 5.33. The second-order valence-corrected chi connectivity index (χ2v) is 5.64. The van der Waals surface area contributed by atoms with Crippen LogP contribution in [0.1, 0.15) is 29.7 Å². The fourth-order valence-electron chi connectivity index (χ4n) is 1.95. The summed E-state index contributed by atoms with van der Waals surface area (Å²) in [6, 6.07) is 0. The summed E-state index contributed by atoms with van der Waals surface area (Å²) in [5.74, 6) is 0.909. The van der Waals surface area contributed by atoms with Gasteiger partial charge in [0.05, 0.1) is 12.2 Å². The summed E-state index contributed by atoms with van der Waals surface area (Å²) in [5.41, 5.74) is 2.10. The monoisotopic (exact) mass is 294 g/mol. The maximum atomic E-state index is 5.33. The summed E-state index contributed by atoms with van der Waals surface area (Å²) < 4.78 is 7.45. The Kier molecular flexibility index (Phi) is 5.55. The highest BCUT2D eigenvalue weighted by atomic mass is 32.1. The van der Waals surface area contributed by atoms with Gasteiger partial charge in [-0.15, -0.1) is 11.3 Å². The molecule has 5 nitrogen and oxygen atoms in total. The number of aromatic nitrogens is 3. The fraction of sp³-hybridized carbons (Fsp3) is 0.571. The van der Waals surface area contributed by atoms with Gasteiger partial charge in [-0.1, -0.05) is 0 Å². The Morgan fingerprint density at radius 3 is 2.85 bits per heavy atom. The van der Waals surface area contributed by atoms with E-state index in [4.69, 9.17) is 4.74 Å². The Morgan fingerprint density at radius 2 is 2.15 bits per heavy atom. The lowest BCUT2D eigenvalue weighted by atomic mass is 10.4. The van der Waals surface area contributed by atoms with Crippen molar-refractivity contribution in [3.05, 3.63) is 28.0 Å². The first kappa shape index (κ1) is 15.0. The summed E-state index contributed by atoms with van der Waals surface area (Å²) in [4.78, 5) is 9.02. The van der Waals surface area contributed by atoms with Crippen molar-refractivity contribution in [3.8, 4) is 0 Å². The van der Waals surface area contributed by atoms with Gasteiger partial charge < -0.3 is 14.6 Å². The van der Waals surface area contributed by atoms with Gasteiger partial charge in [0, 0.05) is 37.0 Å². The third-order valence-corrected chi connectivity index (χ3v) is 3.77. The zero-order chi connectivity index (χ0) is 14.4. The van der Waals surface area contributed by atoms with Crippen molar-refractivity contribution in [2.24, 2.45) is 0 Å². The summed E-state index contributed by atoms with van der Waals surface area (Å²) in [7, 11) is 0. The Balaban J connectivity index is 1.92. The molecule has 2 aromatic rings. The molecule has 6 heteroatoms. The Bertz CT molecular complexity index is 535. The van der Waals surface area contributed by atoms with Crippen molar-refractivity contribution >= 4 is 17.3 Å². The molecule has 20 heavy (non-hydrogen) atoms. The van der Waals surface area contributed by atoms with E-state index in [-0.39, 0.29) is 0 Å². The van der Waals surface area contributed by atoms with E-state index < -0.39 is 0 Å². The molecule has 0 aliphatic rings. The first-order chi connectivity index (χ1) is 9.69. The molecule has 1 N–H and O–H groups in total. The standard InChI is InChI=1S/C14H22N4OS/c1-4-19-7-5-6-15-14-17-11(2)8-18(14)9-13-16-12(3)10-20-13/h8,10H,4-7,9H2,1-3H3,(H,15,17). The van der Waals surface area contributed by atoms with Crippen LogP contribution in [0.3, 0.4) is 0 Å². The minimum atomic E-state index is 0.771. The fourth-order valence-corrected chi connectivity index (χ4v) is 2.72. The second kappa shape index (κ2) is 7.40. The van der Waals surface area contributed by atoms with Crippen LogP contribution in [0.4, 0.5) is 5.95 Å². The molecule has 0 bridgehead atoms. The number of aryl methyl sites for hydroxylation is 2. The van der Waals surface area contributed by atoms with E-state index in [1.165, 1.54) is 0 Å². The lowest BCUT2D eigenvalue weighted by Gasteiger charge is -2.08. The van der Waals surface area contributed by atoms with Crippen LogP contribution >= 0.6 is 11.3 Å². The van der Waals surface area contributed by atoms with Gasteiger partial charge in [-0.05, 0) is 27.2 Å². The van der Waals surface area contributed by atoms with E-state index in [0.29, 0.717) is 0 Å². The minimum absolute atomic E-state index is 0.771. The molecule has 2 rings (SSSR count). The lowest BCUT2D eigenvalue weighted by Crippen LogP contribution is -2.11. The third kappa shape index (κ3) is 4.31. The molecule has 110 valence electrons. The van der Waals surface area contributed by atoms with Crippen LogP contribution in [0.25, 0.3) is 0 Å². The molecule has 2 aromatic heterocycles. The molecule has 0 aliphatic carbocycles. The quantitative estimate of drug-likeness (QED) is 0.761. The molecule has 0 atom stereocenters. The van der Waals surface area contributed by atoms with Gasteiger partial charge in [-0.2, -0.15) is 0 Å². The molecule has 0 amide bonds. The molecule has 0 unspecified atom stereocenters. The molecule has 0 radical (unpaired) electrons. The van der Waals surface area contributed by atoms with Gasteiger partial charge >= 0.3 is 0 Å². The van der Waals surface area contributed by atoms with E-state index in [9.17, 15) is 0 Å². The topological polar surface area (TPSA) is 52.0 Å². The summed E-state index contributed by atoms with van der Waals surface area (Å²) in [6.45, 7) is 9.24. The smallest absolute Gasteiger partial charge is 0.203 e. The van der Waals surface area contributed by atoms with Crippen molar-refractivity contribution in [2.75, 3.05) is 25.1 Å². The van der Waals surface area contributed by atoms with Crippen molar-refractivity contribution in [1.29, 1.82) is 0 Å². The number of nitrogens with one attached hydrogen (secondary N) is 1. The minimum Gasteiger partial charge on any atom is -0.382 e. The molecule has 0 aliphatic heterocycles. The number of anilines is 1. The highest BCUT2D eigenvalue weighted by molar-refractivity contribution is 7.09.